The molecule has 1 aliphatic heterocycles. The van der Waals surface area contributed by atoms with Gasteiger partial charge in [-0.05, 0) is 24.6 Å². The van der Waals surface area contributed by atoms with Gasteiger partial charge in [0.05, 0.1) is 29.1 Å². The SMILES string of the molecule is O=C(Nc1ccc2[nH]ncc2c1)C1CCS(=O)(=O)C1. The topological polar surface area (TPSA) is 91.9 Å². The molecule has 3 rings (SSSR count). The van der Waals surface area contributed by atoms with Gasteiger partial charge < -0.3 is 5.32 Å². The minimum absolute atomic E-state index is 0.0488. The highest BCUT2D eigenvalue weighted by atomic mass is 32.2. The summed E-state index contributed by atoms with van der Waals surface area (Å²) < 4.78 is 22.7. The van der Waals surface area contributed by atoms with Gasteiger partial charge in [-0.25, -0.2) is 8.42 Å². The predicted molar refractivity (Wildman–Crippen MR) is 71.5 cm³/mol. The first-order valence-corrected chi connectivity index (χ1v) is 7.80. The Balaban J connectivity index is 1.75. The quantitative estimate of drug-likeness (QED) is 0.855. The molecule has 0 saturated carbocycles. The van der Waals surface area contributed by atoms with Crippen LogP contribution in [-0.4, -0.2) is 36.0 Å². The van der Waals surface area contributed by atoms with Crippen molar-refractivity contribution in [1.82, 2.24) is 10.2 Å². The Bertz CT molecular complexity index is 736. The van der Waals surface area contributed by atoms with Crippen LogP contribution >= 0.6 is 0 Å². The van der Waals surface area contributed by atoms with Gasteiger partial charge in [-0.2, -0.15) is 5.10 Å². The number of amides is 1. The monoisotopic (exact) mass is 279 g/mol. The zero-order valence-corrected chi connectivity index (χ0v) is 10.9. The number of carbonyl (C=O) groups is 1. The normalized spacial score (nSPS) is 21.6. The molecule has 1 unspecified atom stereocenters. The standard InChI is InChI=1S/C12H13N3O3S/c16-12(8-3-4-19(17,18)7-8)14-10-1-2-11-9(5-10)6-13-15-11/h1-2,5-6,8H,3-4,7H2,(H,13,15)(H,14,16). The van der Waals surface area contributed by atoms with Crippen LogP contribution in [0.25, 0.3) is 10.9 Å². The zero-order chi connectivity index (χ0) is 13.5. The average Bonchev–Trinajstić information content (AvgIpc) is 2.94. The molecule has 1 aromatic carbocycles. The predicted octanol–water partition coefficient (Wildman–Crippen LogP) is 0.936. The molecule has 1 saturated heterocycles. The van der Waals surface area contributed by atoms with Crippen LogP contribution in [-0.2, 0) is 14.6 Å². The number of nitrogens with one attached hydrogen (secondary N) is 2. The lowest BCUT2D eigenvalue weighted by Crippen LogP contribution is -2.23. The molecule has 2 heterocycles. The van der Waals surface area contributed by atoms with Crippen molar-refractivity contribution in [3.8, 4) is 0 Å². The van der Waals surface area contributed by atoms with Crippen LogP contribution in [0.5, 0.6) is 0 Å². The Morgan fingerprint density at radius 2 is 2.26 bits per heavy atom. The molecule has 19 heavy (non-hydrogen) atoms. The number of fused-ring (bicyclic) bond motifs is 1. The van der Waals surface area contributed by atoms with Crippen LogP contribution < -0.4 is 5.32 Å². The van der Waals surface area contributed by atoms with Gasteiger partial charge in [0.1, 0.15) is 0 Å². The molecule has 1 fully saturated rings. The van der Waals surface area contributed by atoms with Crippen molar-refractivity contribution in [2.75, 3.05) is 16.8 Å². The second-order valence-electron chi connectivity index (χ2n) is 4.76. The van der Waals surface area contributed by atoms with E-state index in [1.807, 2.05) is 6.07 Å². The summed E-state index contributed by atoms with van der Waals surface area (Å²) in [7, 11) is -3.03. The van der Waals surface area contributed by atoms with E-state index in [1.165, 1.54) is 0 Å². The maximum absolute atomic E-state index is 12.0. The van der Waals surface area contributed by atoms with Crippen LogP contribution in [0.1, 0.15) is 6.42 Å². The fraction of sp³-hybridized carbons (Fsp3) is 0.333. The fourth-order valence-electron chi connectivity index (χ4n) is 2.27. The smallest absolute Gasteiger partial charge is 0.228 e. The van der Waals surface area contributed by atoms with E-state index in [1.54, 1.807) is 18.3 Å². The number of rotatable bonds is 2. The Morgan fingerprint density at radius 3 is 3.00 bits per heavy atom. The van der Waals surface area contributed by atoms with Crippen molar-refractivity contribution < 1.29 is 13.2 Å². The van der Waals surface area contributed by atoms with Crippen molar-refractivity contribution in [2.24, 2.45) is 5.92 Å². The van der Waals surface area contributed by atoms with Gasteiger partial charge >= 0.3 is 0 Å². The van der Waals surface area contributed by atoms with Crippen LogP contribution in [0.4, 0.5) is 5.69 Å². The van der Waals surface area contributed by atoms with Crippen LogP contribution in [0, 0.1) is 5.92 Å². The van der Waals surface area contributed by atoms with Crippen LogP contribution in [0.15, 0.2) is 24.4 Å². The summed E-state index contributed by atoms with van der Waals surface area (Å²) in [5.74, 6) is -0.618. The van der Waals surface area contributed by atoms with E-state index in [4.69, 9.17) is 0 Å². The highest BCUT2D eigenvalue weighted by Crippen LogP contribution is 2.22. The van der Waals surface area contributed by atoms with Crippen LogP contribution in [0.3, 0.4) is 0 Å². The number of hydrogen-bond acceptors (Lipinski definition) is 4. The number of sulfone groups is 1. The van der Waals surface area contributed by atoms with E-state index >= 15 is 0 Å². The molecule has 2 aromatic rings. The number of benzene rings is 1. The third-order valence-corrected chi connectivity index (χ3v) is 5.08. The zero-order valence-electron chi connectivity index (χ0n) is 10.1. The first-order chi connectivity index (χ1) is 9.03. The molecule has 0 aliphatic carbocycles. The molecule has 1 aromatic heterocycles. The molecule has 7 heteroatoms. The van der Waals surface area contributed by atoms with E-state index in [2.05, 4.69) is 15.5 Å². The minimum Gasteiger partial charge on any atom is -0.326 e. The van der Waals surface area contributed by atoms with Gasteiger partial charge in [0.25, 0.3) is 0 Å². The Kier molecular flexibility index (Phi) is 2.78. The number of aromatic amines is 1. The molecule has 1 amide bonds. The highest BCUT2D eigenvalue weighted by molar-refractivity contribution is 7.91. The summed E-state index contributed by atoms with van der Waals surface area (Å²) in [5, 5.41) is 10.4. The lowest BCUT2D eigenvalue weighted by atomic mass is 10.1. The molecule has 1 aliphatic rings. The van der Waals surface area contributed by atoms with Gasteiger partial charge in [-0.1, -0.05) is 0 Å². The van der Waals surface area contributed by atoms with E-state index in [0.29, 0.717) is 12.1 Å². The lowest BCUT2D eigenvalue weighted by Gasteiger charge is -2.09. The number of anilines is 1. The molecule has 6 nitrogen and oxygen atoms in total. The summed E-state index contributed by atoms with van der Waals surface area (Å²) in [6, 6.07) is 5.39. The van der Waals surface area contributed by atoms with E-state index in [9.17, 15) is 13.2 Å². The second kappa shape index (κ2) is 4.34. The van der Waals surface area contributed by atoms with Gasteiger partial charge in [-0.3, -0.25) is 9.89 Å². The maximum atomic E-state index is 12.0. The van der Waals surface area contributed by atoms with E-state index in [-0.39, 0.29) is 17.4 Å². The molecule has 0 spiro atoms. The number of H-pyrrole nitrogens is 1. The molecule has 0 bridgehead atoms. The first-order valence-electron chi connectivity index (χ1n) is 5.98. The van der Waals surface area contributed by atoms with Crippen molar-refractivity contribution in [1.29, 1.82) is 0 Å². The number of nitrogens with zero attached hydrogens (tertiary/aromatic N) is 1. The average molecular weight is 279 g/mol. The molecule has 100 valence electrons. The number of carbonyl (C=O) groups excluding carboxylic acids is 1. The van der Waals surface area contributed by atoms with Crippen molar-refractivity contribution >= 4 is 32.3 Å². The summed E-state index contributed by atoms with van der Waals surface area (Å²) in [6.07, 6.45) is 2.08. The van der Waals surface area contributed by atoms with Gasteiger partial charge in [0.15, 0.2) is 9.84 Å². The fourth-order valence-corrected chi connectivity index (χ4v) is 4.01. The highest BCUT2D eigenvalue weighted by Gasteiger charge is 2.32. The Hall–Kier alpha value is -1.89. The van der Waals surface area contributed by atoms with Gasteiger partial charge in [-0.15, -0.1) is 0 Å². The summed E-state index contributed by atoms with van der Waals surface area (Å²) in [4.78, 5) is 12.0. The third kappa shape index (κ3) is 2.46. The van der Waals surface area contributed by atoms with Crippen molar-refractivity contribution in [2.45, 2.75) is 6.42 Å². The molecule has 1 atom stereocenters. The molecule has 2 N–H and O–H groups in total. The Morgan fingerprint density at radius 1 is 1.42 bits per heavy atom. The Labute approximate surface area is 110 Å². The number of aromatic nitrogens is 2. The minimum atomic E-state index is -3.03. The molecular weight excluding hydrogens is 266 g/mol. The molecule has 0 radical (unpaired) electrons. The third-order valence-electron chi connectivity index (χ3n) is 3.31. The lowest BCUT2D eigenvalue weighted by molar-refractivity contribution is -0.119. The van der Waals surface area contributed by atoms with Crippen molar-refractivity contribution in [3.05, 3.63) is 24.4 Å². The van der Waals surface area contributed by atoms with Gasteiger partial charge in [0.2, 0.25) is 5.91 Å². The van der Waals surface area contributed by atoms with E-state index in [0.717, 1.165) is 10.9 Å². The maximum Gasteiger partial charge on any atom is 0.228 e. The largest absolute Gasteiger partial charge is 0.326 e. The summed E-state index contributed by atoms with van der Waals surface area (Å²) >= 11 is 0. The first kappa shape index (κ1) is 12.2. The van der Waals surface area contributed by atoms with Crippen LogP contribution in [0.2, 0.25) is 0 Å². The molecular formula is C12H13N3O3S. The van der Waals surface area contributed by atoms with E-state index < -0.39 is 15.8 Å². The number of hydrogen-bond donors (Lipinski definition) is 2. The summed E-state index contributed by atoms with van der Waals surface area (Å²) in [5.41, 5.74) is 1.55. The summed E-state index contributed by atoms with van der Waals surface area (Å²) in [6.45, 7) is 0. The second-order valence-corrected chi connectivity index (χ2v) is 6.99. The van der Waals surface area contributed by atoms with Crippen molar-refractivity contribution in [3.63, 3.8) is 0 Å². The van der Waals surface area contributed by atoms with Gasteiger partial charge in [0, 0.05) is 11.1 Å².